The summed E-state index contributed by atoms with van der Waals surface area (Å²) in [6.07, 6.45) is 1.43. The van der Waals surface area contributed by atoms with Crippen molar-refractivity contribution in [1.82, 2.24) is 0 Å². The molecule has 1 rings (SSSR count). The van der Waals surface area contributed by atoms with Crippen molar-refractivity contribution >= 4 is 0 Å². The molecule has 0 heteroatoms. The summed E-state index contributed by atoms with van der Waals surface area (Å²) in [5.74, 6) is 3.86. The molecule has 0 radical (unpaired) electrons. The minimum Gasteiger partial charge on any atom is -0.0628 e. The topological polar surface area (TPSA) is 0 Å². The monoisotopic (exact) mass is 168 g/mol. The van der Waals surface area contributed by atoms with Crippen molar-refractivity contribution in [1.29, 1.82) is 0 Å². The van der Waals surface area contributed by atoms with Crippen LogP contribution in [0.5, 0.6) is 0 Å². The van der Waals surface area contributed by atoms with E-state index >= 15 is 0 Å². The molecule has 0 aromatic heterocycles. The Bertz CT molecular complexity index is 150. The first-order chi connectivity index (χ1) is 5.34. The Morgan fingerprint density at radius 1 is 1.17 bits per heavy atom. The van der Waals surface area contributed by atoms with Gasteiger partial charge in [0, 0.05) is 0 Å². The molecule has 1 aliphatic rings. The molecule has 0 spiro atoms. The molecule has 0 N–H and O–H groups in total. The van der Waals surface area contributed by atoms with Crippen LogP contribution < -0.4 is 0 Å². The molecule has 0 amide bonds. The molecule has 12 heavy (non-hydrogen) atoms. The highest BCUT2D eigenvalue weighted by molar-refractivity contribution is 5.00. The molecular weight excluding hydrogens is 144 g/mol. The van der Waals surface area contributed by atoms with E-state index in [2.05, 4.69) is 41.5 Å². The smallest absolute Gasteiger partial charge is 0.0306 e. The summed E-state index contributed by atoms with van der Waals surface area (Å²) in [5.41, 5.74) is 0.541. The molecule has 0 aromatic carbocycles. The minimum atomic E-state index is 0.541. The lowest BCUT2D eigenvalue weighted by molar-refractivity contribution is 0.311. The molecule has 3 atom stereocenters. The fraction of sp³-hybridized carbons (Fsp3) is 1.00. The summed E-state index contributed by atoms with van der Waals surface area (Å²) in [7, 11) is 0. The van der Waals surface area contributed by atoms with E-state index in [4.69, 9.17) is 0 Å². The number of hydrogen-bond donors (Lipinski definition) is 0. The Kier molecular flexibility index (Phi) is 2.56. The summed E-state index contributed by atoms with van der Waals surface area (Å²) in [6, 6.07) is 0. The fourth-order valence-corrected chi connectivity index (χ4v) is 2.88. The van der Waals surface area contributed by atoms with Gasteiger partial charge in [0.25, 0.3) is 0 Å². The third-order valence-corrected chi connectivity index (χ3v) is 3.31. The molecule has 1 fully saturated rings. The van der Waals surface area contributed by atoms with Gasteiger partial charge in [0.1, 0.15) is 0 Å². The van der Waals surface area contributed by atoms with E-state index in [1.807, 2.05) is 0 Å². The largest absolute Gasteiger partial charge is 0.0628 e. The van der Waals surface area contributed by atoms with Gasteiger partial charge in [0.05, 0.1) is 0 Å². The SMILES string of the molecule is CC(C)CC1C(C)C1C(C)(C)C. The van der Waals surface area contributed by atoms with Crippen LogP contribution in [0.4, 0.5) is 0 Å². The maximum Gasteiger partial charge on any atom is -0.0306 e. The van der Waals surface area contributed by atoms with E-state index in [0.29, 0.717) is 5.41 Å². The first-order valence-corrected chi connectivity index (χ1v) is 5.34. The Labute approximate surface area is 77.7 Å². The normalized spacial score (nSPS) is 35.8. The maximum atomic E-state index is 2.42. The van der Waals surface area contributed by atoms with Crippen LogP contribution in [0.15, 0.2) is 0 Å². The van der Waals surface area contributed by atoms with Crippen LogP contribution in [0.3, 0.4) is 0 Å². The summed E-state index contributed by atoms with van der Waals surface area (Å²) in [4.78, 5) is 0. The maximum absolute atomic E-state index is 2.42. The Balaban J connectivity index is 2.43. The van der Waals surface area contributed by atoms with Gasteiger partial charge in [-0.15, -0.1) is 0 Å². The van der Waals surface area contributed by atoms with Crippen molar-refractivity contribution in [2.24, 2.45) is 29.1 Å². The van der Waals surface area contributed by atoms with E-state index in [1.165, 1.54) is 6.42 Å². The zero-order chi connectivity index (χ0) is 9.52. The molecular formula is C12H24. The van der Waals surface area contributed by atoms with Crippen LogP contribution in [0.2, 0.25) is 0 Å². The van der Waals surface area contributed by atoms with Crippen molar-refractivity contribution in [2.75, 3.05) is 0 Å². The summed E-state index contributed by atoms with van der Waals surface area (Å²) >= 11 is 0. The van der Waals surface area contributed by atoms with Crippen LogP contribution in [0.25, 0.3) is 0 Å². The van der Waals surface area contributed by atoms with E-state index < -0.39 is 0 Å². The predicted octanol–water partition coefficient (Wildman–Crippen LogP) is 3.96. The second-order valence-electron chi connectivity index (χ2n) is 6.04. The van der Waals surface area contributed by atoms with Crippen molar-refractivity contribution in [3.8, 4) is 0 Å². The van der Waals surface area contributed by atoms with Crippen LogP contribution >= 0.6 is 0 Å². The lowest BCUT2D eigenvalue weighted by atomic mass is 9.87. The zero-order valence-electron chi connectivity index (χ0n) is 9.52. The quantitative estimate of drug-likeness (QED) is 0.585. The van der Waals surface area contributed by atoms with Gasteiger partial charge in [-0.1, -0.05) is 41.5 Å². The first-order valence-electron chi connectivity index (χ1n) is 5.34. The Morgan fingerprint density at radius 3 is 1.92 bits per heavy atom. The van der Waals surface area contributed by atoms with Gasteiger partial charge in [0.15, 0.2) is 0 Å². The lowest BCUT2D eigenvalue weighted by Gasteiger charge is -2.18. The van der Waals surface area contributed by atoms with Gasteiger partial charge in [0.2, 0.25) is 0 Å². The van der Waals surface area contributed by atoms with Crippen LogP contribution in [-0.2, 0) is 0 Å². The molecule has 72 valence electrons. The van der Waals surface area contributed by atoms with Crippen LogP contribution in [-0.4, -0.2) is 0 Å². The molecule has 1 aliphatic carbocycles. The number of hydrogen-bond acceptors (Lipinski definition) is 0. The minimum absolute atomic E-state index is 0.541. The molecule has 1 saturated carbocycles. The summed E-state index contributed by atoms with van der Waals surface area (Å²) < 4.78 is 0. The predicted molar refractivity (Wildman–Crippen MR) is 55.1 cm³/mol. The van der Waals surface area contributed by atoms with Gasteiger partial charge >= 0.3 is 0 Å². The van der Waals surface area contributed by atoms with E-state index in [-0.39, 0.29) is 0 Å². The van der Waals surface area contributed by atoms with Gasteiger partial charge in [-0.3, -0.25) is 0 Å². The van der Waals surface area contributed by atoms with E-state index in [9.17, 15) is 0 Å². The highest BCUT2D eigenvalue weighted by Gasteiger charge is 2.52. The van der Waals surface area contributed by atoms with Crippen molar-refractivity contribution in [3.05, 3.63) is 0 Å². The fourth-order valence-electron chi connectivity index (χ4n) is 2.88. The molecule has 3 unspecified atom stereocenters. The average Bonchev–Trinajstić information content (AvgIpc) is 2.37. The highest BCUT2D eigenvalue weighted by Crippen LogP contribution is 2.58. The Hall–Kier alpha value is 0. The Morgan fingerprint density at radius 2 is 1.67 bits per heavy atom. The second kappa shape index (κ2) is 3.05. The van der Waals surface area contributed by atoms with Crippen LogP contribution in [0.1, 0.15) is 48.0 Å². The lowest BCUT2D eigenvalue weighted by Crippen LogP contribution is -2.10. The van der Waals surface area contributed by atoms with Crippen molar-refractivity contribution in [3.63, 3.8) is 0 Å². The molecule has 0 saturated heterocycles. The summed E-state index contributed by atoms with van der Waals surface area (Å²) in [6.45, 7) is 14.2. The zero-order valence-corrected chi connectivity index (χ0v) is 9.52. The van der Waals surface area contributed by atoms with E-state index in [0.717, 1.165) is 23.7 Å². The van der Waals surface area contributed by atoms with Crippen molar-refractivity contribution in [2.45, 2.75) is 48.0 Å². The second-order valence-corrected chi connectivity index (χ2v) is 6.04. The van der Waals surface area contributed by atoms with Crippen molar-refractivity contribution < 1.29 is 0 Å². The van der Waals surface area contributed by atoms with Gasteiger partial charge in [-0.2, -0.15) is 0 Å². The van der Waals surface area contributed by atoms with E-state index in [1.54, 1.807) is 0 Å². The van der Waals surface area contributed by atoms with Gasteiger partial charge < -0.3 is 0 Å². The highest BCUT2D eigenvalue weighted by atomic mass is 14.6. The molecule has 0 heterocycles. The first kappa shape index (κ1) is 10.1. The third-order valence-electron chi connectivity index (χ3n) is 3.31. The van der Waals surface area contributed by atoms with Gasteiger partial charge in [-0.25, -0.2) is 0 Å². The molecule has 0 aromatic rings. The number of rotatable bonds is 2. The molecule has 0 bridgehead atoms. The van der Waals surface area contributed by atoms with Crippen LogP contribution in [0, 0.1) is 29.1 Å². The van der Waals surface area contributed by atoms with Gasteiger partial charge in [-0.05, 0) is 35.5 Å². The average molecular weight is 168 g/mol. The standard InChI is InChI=1S/C12H24/c1-8(2)7-10-9(3)11(10)12(4,5)6/h8-11H,7H2,1-6H3. The third kappa shape index (κ3) is 2.02. The molecule has 0 aliphatic heterocycles. The molecule has 0 nitrogen and oxygen atoms in total. The summed E-state index contributed by atoms with van der Waals surface area (Å²) in [5, 5.41) is 0.